The number of ether oxygens (including phenoxy) is 1. The number of hydrogen-bond acceptors (Lipinski definition) is 3. The van der Waals surface area contributed by atoms with Crippen molar-refractivity contribution in [3.8, 4) is 17.2 Å². The summed E-state index contributed by atoms with van der Waals surface area (Å²) in [7, 11) is 1.57. The first-order valence-electron chi connectivity index (χ1n) is 6.03. The fourth-order valence-electron chi connectivity index (χ4n) is 2.35. The van der Waals surface area contributed by atoms with Gasteiger partial charge in [0.15, 0.2) is 0 Å². The lowest BCUT2D eigenvalue weighted by Crippen LogP contribution is -1.85. The van der Waals surface area contributed by atoms with Gasteiger partial charge < -0.3 is 14.9 Å². The summed E-state index contributed by atoms with van der Waals surface area (Å²) in [5.74, 6) is 1.02. The second-order valence-corrected chi connectivity index (χ2v) is 4.67. The van der Waals surface area contributed by atoms with Gasteiger partial charge in [-0.05, 0) is 41.5 Å². The van der Waals surface area contributed by atoms with Crippen LogP contribution in [0.2, 0.25) is 0 Å². The van der Waals surface area contributed by atoms with Crippen molar-refractivity contribution in [3.63, 3.8) is 0 Å². The minimum absolute atomic E-state index is 0.150. The molecule has 0 unspecified atom stereocenters. The van der Waals surface area contributed by atoms with Crippen molar-refractivity contribution in [1.29, 1.82) is 0 Å². The van der Waals surface area contributed by atoms with Gasteiger partial charge in [-0.3, -0.25) is 0 Å². The van der Waals surface area contributed by atoms with Crippen molar-refractivity contribution < 1.29 is 14.9 Å². The van der Waals surface area contributed by atoms with E-state index in [-0.39, 0.29) is 11.5 Å². The van der Waals surface area contributed by atoms with E-state index in [4.69, 9.17) is 4.74 Å². The zero-order valence-corrected chi connectivity index (χ0v) is 10.8. The van der Waals surface area contributed by atoms with E-state index < -0.39 is 0 Å². The monoisotopic (exact) mass is 254 g/mol. The van der Waals surface area contributed by atoms with Gasteiger partial charge in [0, 0.05) is 16.8 Å². The molecule has 0 radical (unpaired) electrons. The van der Waals surface area contributed by atoms with Gasteiger partial charge in [-0.15, -0.1) is 0 Å². The number of aryl methyl sites for hydroxylation is 1. The third kappa shape index (κ3) is 1.74. The summed E-state index contributed by atoms with van der Waals surface area (Å²) < 4.78 is 5.15. The summed E-state index contributed by atoms with van der Waals surface area (Å²) in [6.07, 6.45) is 0. The summed E-state index contributed by atoms with van der Waals surface area (Å²) in [5, 5.41) is 23.4. The number of benzene rings is 3. The molecule has 0 aliphatic carbocycles. The average molecular weight is 254 g/mol. The lowest BCUT2D eigenvalue weighted by molar-refractivity contribution is 0.409. The van der Waals surface area contributed by atoms with Gasteiger partial charge in [0.1, 0.15) is 17.2 Å². The van der Waals surface area contributed by atoms with Gasteiger partial charge in [0.05, 0.1) is 7.11 Å². The largest absolute Gasteiger partial charge is 0.507 e. The molecular formula is C16H14O3. The first-order chi connectivity index (χ1) is 9.10. The smallest absolute Gasteiger partial charge is 0.127 e. The molecule has 0 saturated carbocycles. The van der Waals surface area contributed by atoms with Crippen LogP contribution in [0.5, 0.6) is 17.2 Å². The van der Waals surface area contributed by atoms with Gasteiger partial charge >= 0.3 is 0 Å². The summed E-state index contributed by atoms with van der Waals surface area (Å²) in [4.78, 5) is 0. The predicted octanol–water partition coefficient (Wildman–Crippen LogP) is 3.72. The van der Waals surface area contributed by atoms with Crippen LogP contribution in [0.15, 0.2) is 36.4 Å². The lowest BCUT2D eigenvalue weighted by atomic mass is 10.00. The third-order valence-corrected chi connectivity index (χ3v) is 3.45. The SMILES string of the molecule is COc1cc(O)c2cc3c(O)c(C)ccc3cc2c1. The molecule has 0 aliphatic heterocycles. The van der Waals surface area contributed by atoms with Crippen LogP contribution in [0.1, 0.15) is 5.56 Å². The van der Waals surface area contributed by atoms with E-state index in [1.54, 1.807) is 13.2 Å². The van der Waals surface area contributed by atoms with E-state index in [1.165, 1.54) is 0 Å². The second kappa shape index (κ2) is 4.05. The Morgan fingerprint density at radius 1 is 0.895 bits per heavy atom. The molecule has 3 aromatic rings. The standard InChI is InChI=1S/C16H14O3/c1-9-3-4-10-5-11-6-12(19-2)7-15(17)13(11)8-14(10)16(9)18/h3-8,17-18H,1-2H3. The highest BCUT2D eigenvalue weighted by Gasteiger charge is 2.09. The number of methoxy groups -OCH3 is 1. The number of phenolic OH excluding ortho intramolecular Hbond substituents is 2. The highest BCUT2D eigenvalue weighted by molar-refractivity contribution is 6.03. The maximum absolute atomic E-state index is 10.1. The van der Waals surface area contributed by atoms with E-state index in [0.29, 0.717) is 11.1 Å². The molecule has 0 aromatic heterocycles. The fourth-order valence-corrected chi connectivity index (χ4v) is 2.35. The second-order valence-electron chi connectivity index (χ2n) is 4.67. The Morgan fingerprint density at radius 3 is 2.42 bits per heavy atom. The van der Waals surface area contributed by atoms with Crippen molar-refractivity contribution in [2.45, 2.75) is 6.92 Å². The van der Waals surface area contributed by atoms with Crippen molar-refractivity contribution >= 4 is 21.5 Å². The quantitative estimate of drug-likeness (QED) is 0.651. The Kier molecular flexibility index (Phi) is 2.49. The number of phenols is 2. The molecule has 2 N–H and O–H groups in total. The predicted molar refractivity (Wildman–Crippen MR) is 76.1 cm³/mol. The van der Waals surface area contributed by atoms with Gasteiger partial charge in [-0.25, -0.2) is 0 Å². The summed E-state index contributed by atoms with van der Waals surface area (Å²) in [6.45, 7) is 1.85. The third-order valence-electron chi connectivity index (χ3n) is 3.45. The normalized spacial score (nSPS) is 11.1. The highest BCUT2D eigenvalue weighted by Crippen LogP contribution is 2.36. The van der Waals surface area contributed by atoms with Crippen LogP contribution in [0.4, 0.5) is 0 Å². The van der Waals surface area contributed by atoms with Crippen LogP contribution in [0.25, 0.3) is 21.5 Å². The summed E-state index contributed by atoms with van der Waals surface area (Å²) in [5.41, 5.74) is 0.819. The Hall–Kier alpha value is -2.42. The molecule has 3 aromatic carbocycles. The molecule has 0 fully saturated rings. The van der Waals surface area contributed by atoms with Gasteiger partial charge in [0.2, 0.25) is 0 Å². The topological polar surface area (TPSA) is 49.7 Å². The minimum Gasteiger partial charge on any atom is -0.507 e. The van der Waals surface area contributed by atoms with Crippen LogP contribution in [0.3, 0.4) is 0 Å². The molecular weight excluding hydrogens is 240 g/mol. The molecule has 3 heteroatoms. The van der Waals surface area contributed by atoms with Crippen LogP contribution < -0.4 is 4.74 Å². The average Bonchev–Trinajstić information content (AvgIpc) is 2.41. The van der Waals surface area contributed by atoms with Crippen molar-refractivity contribution in [3.05, 3.63) is 42.0 Å². The number of fused-ring (bicyclic) bond motifs is 2. The molecule has 0 aliphatic rings. The lowest BCUT2D eigenvalue weighted by Gasteiger charge is -2.09. The Balaban J connectivity index is 2.45. The highest BCUT2D eigenvalue weighted by atomic mass is 16.5. The zero-order chi connectivity index (χ0) is 13.6. The van der Waals surface area contributed by atoms with Crippen LogP contribution in [-0.4, -0.2) is 17.3 Å². The van der Waals surface area contributed by atoms with Crippen LogP contribution in [-0.2, 0) is 0 Å². The Morgan fingerprint density at radius 2 is 1.68 bits per heavy atom. The van der Waals surface area contributed by atoms with E-state index in [9.17, 15) is 10.2 Å². The molecule has 0 amide bonds. The summed E-state index contributed by atoms with van der Waals surface area (Å²) in [6, 6.07) is 11.0. The van der Waals surface area contributed by atoms with E-state index in [1.807, 2.05) is 37.3 Å². The Bertz CT molecular complexity index is 791. The molecule has 96 valence electrons. The minimum atomic E-state index is 0.150. The molecule has 0 atom stereocenters. The molecule has 0 spiro atoms. The maximum atomic E-state index is 10.1. The van der Waals surface area contributed by atoms with Crippen molar-refractivity contribution in [2.24, 2.45) is 0 Å². The van der Waals surface area contributed by atoms with Crippen molar-refractivity contribution in [1.82, 2.24) is 0 Å². The van der Waals surface area contributed by atoms with E-state index in [0.717, 1.165) is 21.7 Å². The molecule has 19 heavy (non-hydrogen) atoms. The molecule has 3 rings (SSSR count). The van der Waals surface area contributed by atoms with Crippen LogP contribution in [0, 0.1) is 6.92 Å². The zero-order valence-electron chi connectivity index (χ0n) is 10.8. The number of hydrogen-bond donors (Lipinski definition) is 2. The summed E-state index contributed by atoms with van der Waals surface area (Å²) >= 11 is 0. The van der Waals surface area contributed by atoms with Gasteiger partial charge in [-0.2, -0.15) is 0 Å². The number of rotatable bonds is 1. The Labute approximate surface area is 110 Å². The van der Waals surface area contributed by atoms with Crippen LogP contribution >= 0.6 is 0 Å². The fraction of sp³-hybridized carbons (Fsp3) is 0.125. The van der Waals surface area contributed by atoms with E-state index in [2.05, 4.69) is 0 Å². The molecule has 0 bridgehead atoms. The molecule has 0 saturated heterocycles. The maximum Gasteiger partial charge on any atom is 0.127 e. The van der Waals surface area contributed by atoms with Gasteiger partial charge in [-0.1, -0.05) is 12.1 Å². The number of aromatic hydroxyl groups is 2. The van der Waals surface area contributed by atoms with Gasteiger partial charge in [0.25, 0.3) is 0 Å². The molecule has 3 nitrogen and oxygen atoms in total. The van der Waals surface area contributed by atoms with Crippen molar-refractivity contribution in [2.75, 3.05) is 7.11 Å². The first kappa shape index (κ1) is 11.7. The first-order valence-corrected chi connectivity index (χ1v) is 6.03. The van der Waals surface area contributed by atoms with E-state index >= 15 is 0 Å². The molecule has 0 heterocycles.